The first-order valence-corrected chi connectivity index (χ1v) is 6.72. The van der Waals surface area contributed by atoms with Gasteiger partial charge >= 0.3 is 5.97 Å². The van der Waals surface area contributed by atoms with E-state index in [9.17, 15) is 4.79 Å². The molecule has 2 rings (SSSR count). The van der Waals surface area contributed by atoms with E-state index < -0.39 is 0 Å². The second-order valence-corrected chi connectivity index (χ2v) is 5.33. The van der Waals surface area contributed by atoms with Crippen molar-refractivity contribution in [2.45, 2.75) is 57.8 Å². The minimum absolute atomic E-state index is 0.0245. The summed E-state index contributed by atoms with van der Waals surface area (Å²) in [5, 5.41) is 3.25. The lowest BCUT2D eigenvalue weighted by Gasteiger charge is -2.33. The van der Waals surface area contributed by atoms with Crippen molar-refractivity contribution in [3.05, 3.63) is 0 Å². The smallest absolute Gasteiger partial charge is 0.310 e. The number of carbonyl (C=O) groups is 1. The van der Waals surface area contributed by atoms with E-state index in [1.165, 1.54) is 0 Å². The van der Waals surface area contributed by atoms with E-state index in [0.29, 0.717) is 0 Å². The number of rotatable bonds is 2. The molecule has 0 amide bonds. The van der Waals surface area contributed by atoms with Crippen molar-refractivity contribution in [1.82, 2.24) is 5.32 Å². The first-order chi connectivity index (χ1) is 8.15. The molecule has 98 valence electrons. The van der Waals surface area contributed by atoms with E-state index >= 15 is 0 Å². The lowest BCUT2D eigenvalue weighted by molar-refractivity contribution is -0.164. The Balaban J connectivity index is 1.80. The van der Waals surface area contributed by atoms with Crippen LogP contribution in [0.5, 0.6) is 0 Å². The van der Waals surface area contributed by atoms with Gasteiger partial charge in [0, 0.05) is 19.4 Å². The molecule has 2 aliphatic rings. The quantitative estimate of drug-likeness (QED) is 0.744. The largest absolute Gasteiger partial charge is 0.462 e. The number of hydrogen-bond acceptors (Lipinski definition) is 4. The summed E-state index contributed by atoms with van der Waals surface area (Å²) < 4.78 is 11.3. The molecule has 1 N–H and O–H groups in total. The molecule has 2 saturated heterocycles. The highest BCUT2D eigenvalue weighted by molar-refractivity contribution is 5.73. The molecule has 2 aliphatic heterocycles. The molecule has 2 fully saturated rings. The summed E-state index contributed by atoms with van der Waals surface area (Å²) in [6.07, 6.45) is 4.12. The molecule has 0 saturated carbocycles. The van der Waals surface area contributed by atoms with Crippen LogP contribution in [0.25, 0.3) is 0 Å². The van der Waals surface area contributed by atoms with Gasteiger partial charge in [-0.1, -0.05) is 0 Å². The molecule has 4 nitrogen and oxygen atoms in total. The highest BCUT2D eigenvalue weighted by Gasteiger charge is 2.30. The van der Waals surface area contributed by atoms with Crippen LogP contribution < -0.4 is 5.32 Å². The Morgan fingerprint density at radius 3 is 2.59 bits per heavy atom. The van der Waals surface area contributed by atoms with E-state index in [-0.39, 0.29) is 30.2 Å². The normalized spacial score (nSPS) is 38.7. The zero-order valence-electron chi connectivity index (χ0n) is 10.8. The van der Waals surface area contributed by atoms with Crippen LogP contribution in [-0.2, 0) is 14.3 Å². The zero-order valence-corrected chi connectivity index (χ0v) is 10.8. The van der Waals surface area contributed by atoms with Crippen LogP contribution in [0.3, 0.4) is 0 Å². The third-order valence-electron chi connectivity index (χ3n) is 3.57. The van der Waals surface area contributed by atoms with Crippen molar-refractivity contribution >= 4 is 5.97 Å². The molecule has 17 heavy (non-hydrogen) atoms. The van der Waals surface area contributed by atoms with Gasteiger partial charge in [-0.05, 0) is 33.2 Å². The fourth-order valence-electron chi connectivity index (χ4n) is 2.75. The fraction of sp³-hybridized carbons (Fsp3) is 0.923. The van der Waals surface area contributed by atoms with Crippen LogP contribution in [0, 0.1) is 5.92 Å². The van der Waals surface area contributed by atoms with Gasteiger partial charge in [0.1, 0.15) is 6.10 Å². The topological polar surface area (TPSA) is 47.6 Å². The van der Waals surface area contributed by atoms with Crippen molar-refractivity contribution in [2.75, 3.05) is 13.1 Å². The summed E-state index contributed by atoms with van der Waals surface area (Å²) >= 11 is 0. The van der Waals surface area contributed by atoms with Crippen molar-refractivity contribution < 1.29 is 14.3 Å². The predicted molar refractivity (Wildman–Crippen MR) is 64.7 cm³/mol. The van der Waals surface area contributed by atoms with Gasteiger partial charge < -0.3 is 14.8 Å². The Bertz CT molecular complexity index is 253. The summed E-state index contributed by atoms with van der Waals surface area (Å²) in [5.74, 6) is 0.0284. The summed E-state index contributed by atoms with van der Waals surface area (Å²) in [4.78, 5) is 12.0. The molecule has 2 unspecified atom stereocenters. The number of ether oxygens (including phenoxy) is 2. The maximum atomic E-state index is 12.0. The van der Waals surface area contributed by atoms with Crippen LogP contribution >= 0.6 is 0 Å². The molecule has 0 radical (unpaired) electrons. The molecular weight excluding hydrogens is 218 g/mol. The first-order valence-electron chi connectivity index (χ1n) is 6.72. The second-order valence-electron chi connectivity index (χ2n) is 5.33. The van der Waals surface area contributed by atoms with Gasteiger partial charge in [-0.15, -0.1) is 0 Å². The second kappa shape index (κ2) is 5.83. The van der Waals surface area contributed by atoms with Gasteiger partial charge in [0.15, 0.2) is 0 Å². The standard InChI is InChI=1S/C13H23NO3/c1-9-6-12(7-10(2)16-9)17-13(15)11-4-3-5-14-8-11/h9-12,14H,3-8H2,1-2H3/t9?,10?,11-,12?/m0/s1. The molecule has 3 atom stereocenters. The number of piperidine rings is 1. The molecule has 0 aromatic heterocycles. The SMILES string of the molecule is CC1CC(OC(=O)[C@H]2CCCNC2)CC(C)O1. The van der Waals surface area contributed by atoms with Crippen LogP contribution in [0.4, 0.5) is 0 Å². The summed E-state index contributed by atoms with van der Waals surface area (Å²) in [6, 6.07) is 0. The van der Waals surface area contributed by atoms with Crippen LogP contribution in [0.15, 0.2) is 0 Å². The first kappa shape index (κ1) is 12.8. The molecule has 0 spiro atoms. The van der Waals surface area contributed by atoms with Gasteiger partial charge in [-0.25, -0.2) is 0 Å². The van der Waals surface area contributed by atoms with Gasteiger partial charge in [0.25, 0.3) is 0 Å². The van der Waals surface area contributed by atoms with Gasteiger partial charge in [0.2, 0.25) is 0 Å². The number of esters is 1. The number of carbonyl (C=O) groups excluding carboxylic acids is 1. The third-order valence-corrected chi connectivity index (χ3v) is 3.57. The van der Waals surface area contributed by atoms with Crippen molar-refractivity contribution in [3.8, 4) is 0 Å². The Labute approximate surface area is 103 Å². The molecular formula is C13H23NO3. The summed E-state index contributed by atoms with van der Waals surface area (Å²) in [5.41, 5.74) is 0. The monoisotopic (exact) mass is 241 g/mol. The molecule has 0 aromatic carbocycles. The van der Waals surface area contributed by atoms with Gasteiger partial charge in [0.05, 0.1) is 18.1 Å². The average Bonchev–Trinajstić information content (AvgIpc) is 2.28. The number of hydrogen-bond donors (Lipinski definition) is 1. The highest BCUT2D eigenvalue weighted by atomic mass is 16.6. The van der Waals surface area contributed by atoms with Crippen molar-refractivity contribution in [1.29, 1.82) is 0 Å². The van der Waals surface area contributed by atoms with Crippen molar-refractivity contribution in [3.63, 3.8) is 0 Å². The molecule has 0 aliphatic carbocycles. The maximum absolute atomic E-state index is 12.0. The Hall–Kier alpha value is -0.610. The van der Waals surface area contributed by atoms with E-state index in [1.807, 2.05) is 13.8 Å². The van der Waals surface area contributed by atoms with Crippen molar-refractivity contribution in [2.24, 2.45) is 5.92 Å². The Morgan fingerprint density at radius 1 is 1.29 bits per heavy atom. The minimum Gasteiger partial charge on any atom is -0.462 e. The zero-order chi connectivity index (χ0) is 12.3. The van der Waals surface area contributed by atoms with Crippen LogP contribution in [0.2, 0.25) is 0 Å². The Kier molecular flexibility index (Phi) is 4.40. The lowest BCUT2D eigenvalue weighted by Crippen LogP contribution is -2.40. The summed E-state index contributed by atoms with van der Waals surface area (Å²) in [7, 11) is 0. The predicted octanol–water partition coefficient (Wildman–Crippen LogP) is 1.49. The van der Waals surface area contributed by atoms with Crippen LogP contribution in [0.1, 0.15) is 39.5 Å². The van der Waals surface area contributed by atoms with E-state index in [2.05, 4.69) is 5.32 Å². The highest BCUT2D eigenvalue weighted by Crippen LogP contribution is 2.23. The lowest BCUT2D eigenvalue weighted by atomic mass is 9.99. The van der Waals surface area contributed by atoms with Crippen LogP contribution in [-0.4, -0.2) is 37.4 Å². The molecule has 0 bridgehead atoms. The van der Waals surface area contributed by atoms with E-state index in [0.717, 1.165) is 38.8 Å². The van der Waals surface area contributed by atoms with Gasteiger partial charge in [-0.3, -0.25) is 4.79 Å². The van der Waals surface area contributed by atoms with E-state index in [1.54, 1.807) is 0 Å². The fourth-order valence-corrected chi connectivity index (χ4v) is 2.75. The molecule has 0 aromatic rings. The molecule has 4 heteroatoms. The average molecular weight is 241 g/mol. The third kappa shape index (κ3) is 3.68. The minimum atomic E-state index is -0.0245. The Morgan fingerprint density at radius 2 is 2.00 bits per heavy atom. The number of nitrogens with one attached hydrogen (secondary N) is 1. The van der Waals surface area contributed by atoms with Gasteiger partial charge in [-0.2, -0.15) is 0 Å². The molecule has 2 heterocycles. The van der Waals surface area contributed by atoms with E-state index in [4.69, 9.17) is 9.47 Å². The summed E-state index contributed by atoms with van der Waals surface area (Å²) in [6.45, 7) is 5.87. The maximum Gasteiger partial charge on any atom is 0.310 e.